The molecule has 0 aliphatic carbocycles. The summed E-state index contributed by atoms with van der Waals surface area (Å²) in [7, 11) is 2.01. The topological polar surface area (TPSA) is 50.1 Å². The number of likely N-dealkylation sites (tertiary alicyclic amines) is 2. The maximum atomic E-state index is 4.97. The van der Waals surface area contributed by atoms with Gasteiger partial charge in [0.25, 0.3) is 0 Å². The van der Waals surface area contributed by atoms with Gasteiger partial charge in [0.05, 0.1) is 23.6 Å². The van der Waals surface area contributed by atoms with Crippen LogP contribution in [0.15, 0.2) is 18.6 Å². The zero-order valence-corrected chi connectivity index (χ0v) is 15.4. The molecule has 2 aliphatic rings. The van der Waals surface area contributed by atoms with Gasteiger partial charge in [-0.25, -0.2) is 0 Å². The molecule has 4 heterocycles. The molecule has 0 N–H and O–H groups in total. The zero-order valence-electron chi connectivity index (χ0n) is 15.4. The van der Waals surface area contributed by atoms with Crippen LogP contribution in [0.3, 0.4) is 0 Å². The van der Waals surface area contributed by atoms with Crippen molar-refractivity contribution in [2.45, 2.75) is 51.7 Å². The highest BCUT2D eigenvalue weighted by atomic mass is 15.3. The third kappa shape index (κ3) is 3.60. The monoisotopic (exact) mass is 340 g/mol. The molecule has 25 heavy (non-hydrogen) atoms. The van der Waals surface area contributed by atoms with Crippen molar-refractivity contribution >= 4 is 0 Å². The Labute approximate surface area is 149 Å². The van der Waals surface area contributed by atoms with Gasteiger partial charge in [0.2, 0.25) is 0 Å². The smallest absolute Gasteiger partial charge is 0.0762 e. The number of nitrogens with zero attached hydrogens (tertiary/aromatic N) is 6. The van der Waals surface area contributed by atoms with Crippen LogP contribution in [0, 0.1) is 6.92 Å². The standard InChI is InChI=1S/C19H28N6/c1-15-16(10-21-23(15)2)13-25-9-5-6-19(25)18-12-20-11-17(22-18)14-24-7-3-4-8-24/h10-12,19H,3-9,13-14H2,1-2H3/t19-/m0/s1. The first-order valence-electron chi connectivity index (χ1n) is 9.45. The van der Waals surface area contributed by atoms with Crippen molar-refractivity contribution in [3.63, 3.8) is 0 Å². The van der Waals surface area contributed by atoms with Gasteiger partial charge in [0.1, 0.15) is 0 Å². The minimum absolute atomic E-state index is 0.380. The molecule has 0 radical (unpaired) electrons. The summed E-state index contributed by atoms with van der Waals surface area (Å²) in [6, 6.07) is 0.380. The summed E-state index contributed by atoms with van der Waals surface area (Å²) in [5, 5.41) is 4.38. The number of hydrogen-bond donors (Lipinski definition) is 0. The van der Waals surface area contributed by atoms with Gasteiger partial charge >= 0.3 is 0 Å². The fourth-order valence-corrected chi connectivity index (χ4v) is 4.10. The Morgan fingerprint density at radius 1 is 1.04 bits per heavy atom. The maximum absolute atomic E-state index is 4.97. The molecular formula is C19H28N6. The molecule has 2 aromatic rings. The van der Waals surface area contributed by atoms with Crippen LogP contribution in [0.1, 0.15) is 54.4 Å². The molecule has 134 valence electrons. The fraction of sp³-hybridized carbons (Fsp3) is 0.632. The van der Waals surface area contributed by atoms with E-state index in [4.69, 9.17) is 4.98 Å². The predicted octanol–water partition coefficient (Wildman–Crippen LogP) is 2.45. The molecule has 0 spiro atoms. The average molecular weight is 340 g/mol. The third-order valence-corrected chi connectivity index (χ3v) is 5.70. The zero-order chi connectivity index (χ0) is 17.2. The van der Waals surface area contributed by atoms with Crippen LogP contribution in [0.4, 0.5) is 0 Å². The summed E-state index contributed by atoms with van der Waals surface area (Å²) >= 11 is 0. The third-order valence-electron chi connectivity index (χ3n) is 5.70. The molecule has 0 unspecified atom stereocenters. The number of aromatic nitrogens is 4. The van der Waals surface area contributed by atoms with Crippen LogP contribution in [0.25, 0.3) is 0 Å². The van der Waals surface area contributed by atoms with E-state index in [2.05, 4.69) is 26.8 Å². The summed E-state index contributed by atoms with van der Waals surface area (Å²) in [6.07, 6.45) is 10.9. The highest BCUT2D eigenvalue weighted by Crippen LogP contribution is 2.32. The van der Waals surface area contributed by atoms with Crippen molar-refractivity contribution in [2.24, 2.45) is 7.05 Å². The van der Waals surface area contributed by atoms with Gasteiger partial charge in [-0.3, -0.25) is 24.4 Å². The normalized spacial score (nSPS) is 22.1. The quantitative estimate of drug-likeness (QED) is 0.837. The molecule has 2 aromatic heterocycles. The molecule has 0 amide bonds. The molecule has 0 aromatic carbocycles. The lowest BCUT2D eigenvalue weighted by atomic mass is 10.1. The first-order valence-corrected chi connectivity index (χ1v) is 9.45. The van der Waals surface area contributed by atoms with Crippen LogP contribution in [-0.2, 0) is 20.1 Å². The molecule has 2 fully saturated rings. The van der Waals surface area contributed by atoms with Crippen molar-refractivity contribution in [3.05, 3.63) is 41.2 Å². The molecular weight excluding hydrogens is 312 g/mol. The summed E-state index contributed by atoms with van der Waals surface area (Å²) in [4.78, 5) is 14.5. The second kappa shape index (κ2) is 7.22. The van der Waals surface area contributed by atoms with Gasteiger partial charge in [-0.2, -0.15) is 5.10 Å². The summed E-state index contributed by atoms with van der Waals surface area (Å²) in [6.45, 7) is 7.54. The Balaban J connectivity index is 1.48. The minimum Gasteiger partial charge on any atom is -0.297 e. The van der Waals surface area contributed by atoms with E-state index in [1.54, 1.807) is 0 Å². The summed E-state index contributed by atoms with van der Waals surface area (Å²) in [5.41, 5.74) is 4.81. The highest BCUT2D eigenvalue weighted by Gasteiger charge is 2.28. The number of hydrogen-bond acceptors (Lipinski definition) is 5. The van der Waals surface area contributed by atoms with E-state index in [0.29, 0.717) is 6.04 Å². The van der Waals surface area contributed by atoms with Gasteiger partial charge in [-0.05, 0) is 52.2 Å². The van der Waals surface area contributed by atoms with E-state index in [1.807, 2.05) is 30.3 Å². The maximum Gasteiger partial charge on any atom is 0.0762 e. The second-order valence-electron chi connectivity index (χ2n) is 7.43. The Hall–Kier alpha value is -1.79. The Morgan fingerprint density at radius 3 is 2.64 bits per heavy atom. The largest absolute Gasteiger partial charge is 0.297 e. The van der Waals surface area contributed by atoms with Crippen LogP contribution < -0.4 is 0 Å². The molecule has 4 rings (SSSR count). The van der Waals surface area contributed by atoms with E-state index in [9.17, 15) is 0 Å². The molecule has 1 atom stereocenters. The Bertz CT molecular complexity index is 718. The minimum atomic E-state index is 0.380. The van der Waals surface area contributed by atoms with Crippen molar-refractivity contribution in [3.8, 4) is 0 Å². The van der Waals surface area contributed by atoms with E-state index >= 15 is 0 Å². The lowest BCUT2D eigenvalue weighted by Gasteiger charge is -2.24. The summed E-state index contributed by atoms with van der Waals surface area (Å²) < 4.78 is 1.96. The second-order valence-corrected chi connectivity index (χ2v) is 7.43. The highest BCUT2D eigenvalue weighted by molar-refractivity contribution is 5.17. The molecule has 0 bridgehead atoms. The Kier molecular flexibility index (Phi) is 4.81. The lowest BCUT2D eigenvalue weighted by molar-refractivity contribution is 0.242. The first-order chi connectivity index (χ1) is 12.2. The fourth-order valence-electron chi connectivity index (χ4n) is 4.10. The molecule has 6 nitrogen and oxygen atoms in total. The Morgan fingerprint density at radius 2 is 1.88 bits per heavy atom. The number of rotatable bonds is 5. The molecule has 0 saturated carbocycles. The number of aryl methyl sites for hydroxylation is 1. The summed E-state index contributed by atoms with van der Waals surface area (Å²) in [5.74, 6) is 0. The molecule has 6 heteroatoms. The lowest BCUT2D eigenvalue weighted by Crippen LogP contribution is -2.25. The van der Waals surface area contributed by atoms with Crippen molar-refractivity contribution in [1.82, 2.24) is 29.5 Å². The molecule has 2 saturated heterocycles. The van der Waals surface area contributed by atoms with Crippen molar-refractivity contribution in [1.29, 1.82) is 0 Å². The van der Waals surface area contributed by atoms with Gasteiger partial charge in [0.15, 0.2) is 0 Å². The van der Waals surface area contributed by atoms with Crippen LogP contribution >= 0.6 is 0 Å². The van der Waals surface area contributed by atoms with E-state index in [0.717, 1.165) is 31.0 Å². The SMILES string of the molecule is Cc1c(CN2CCC[C@H]2c2cncc(CN3CCCC3)n2)cnn1C. The molecule has 2 aliphatic heterocycles. The van der Waals surface area contributed by atoms with Crippen LogP contribution in [0.5, 0.6) is 0 Å². The van der Waals surface area contributed by atoms with Crippen molar-refractivity contribution in [2.75, 3.05) is 19.6 Å². The van der Waals surface area contributed by atoms with E-state index in [-0.39, 0.29) is 0 Å². The van der Waals surface area contributed by atoms with Gasteiger partial charge < -0.3 is 0 Å². The van der Waals surface area contributed by atoms with Gasteiger partial charge in [-0.15, -0.1) is 0 Å². The average Bonchev–Trinajstić information content (AvgIpc) is 3.35. The van der Waals surface area contributed by atoms with Crippen LogP contribution in [0.2, 0.25) is 0 Å². The van der Waals surface area contributed by atoms with Crippen molar-refractivity contribution < 1.29 is 0 Å². The van der Waals surface area contributed by atoms with Gasteiger partial charge in [-0.1, -0.05) is 0 Å². The van der Waals surface area contributed by atoms with Crippen LogP contribution in [-0.4, -0.2) is 49.2 Å². The van der Waals surface area contributed by atoms with Gasteiger partial charge in [0, 0.05) is 43.8 Å². The predicted molar refractivity (Wildman–Crippen MR) is 96.9 cm³/mol. The first kappa shape index (κ1) is 16.7. The van der Waals surface area contributed by atoms with E-state index in [1.165, 1.54) is 50.0 Å². The van der Waals surface area contributed by atoms with E-state index < -0.39 is 0 Å².